The molecule has 0 saturated carbocycles. The minimum atomic E-state index is -0.130. The first-order valence-electron chi connectivity index (χ1n) is 4.84. The van der Waals surface area contributed by atoms with E-state index in [2.05, 4.69) is 5.32 Å². The average molecular weight is 228 g/mol. The molecule has 3 N–H and O–H groups in total. The van der Waals surface area contributed by atoms with Gasteiger partial charge in [0.25, 0.3) is 5.91 Å². The van der Waals surface area contributed by atoms with Crippen molar-refractivity contribution < 1.29 is 9.53 Å². The van der Waals surface area contributed by atoms with Gasteiger partial charge in [-0.3, -0.25) is 4.79 Å². The number of rotatable bonds is 5. The molecule has 1 aromatic heterocycles. The summed E-state index contributed by atoms with van der Waals surface area (Å²) < 4.78 is 5.30. The topological polar surface area (TPSA) is 64.3 Å². The average Bonchev–Trinajstić information content (AvgIpc) is 2.58. The highest BCUT2D eigenvalue weighted by molar-refractivity contribution is 7.12. The van der Waals surface area contributed by atoms with E-state index in [4.69, 9.17) is 10.5 Å². The molecule has 0 fully saturated rings. The van der Waals surface area contributed by atoms with Crippen molar-refractivity contribution in [1.29, 1.82) is 0 Å². The predicted molar refractivity (Wildman–Crippen MR) is 62.2 cm³/mol. The van der Waals surface area contributed by atoms with Gasteiger partial charge in [-0.15, -0.1) is 11.3 Å². The maximum atomic E-state index is 11.5. The fourth-order valence-electron chi connectivity index (χ4n) is 1.04. The first kappa shape index (κ1) is 12.0. The van der Waals surface area contributed by atoms with E-state index < -0.39 is 0 Å². The predicted octanol–water partition coefficient (Wildman–Crippen LogP) is 1.49. The smallest absolute Gasteiger partial charge is 0.263 e. The van der Waals surface area contributed by atoms with Crippen LogP contribution in [-0.4, -0.2) is 25.2 Å². The van der Waals surface area contributed by atoms with E-state index in [1.165, 1.54) is 11.3 Å². The van der Waals surface area contributed by atoms with Crippen molar-refractivity contribution in [2.24, 2.45) is 0 Å². The van der Waals surface area contributed by atoms with Gasteiger partial charge >= 0.3 is 0 Å². The van der Waals surface area contributed by atoms with Crippen LogP contribution in [0.3, 0.4) is 0 Å². The number of carbonyl (C=O) groups excluding carboxylic acids is 1. The Kier molecular flexibility index (Phi) is 4.58. The number of hydrogen-bond donors (Lipinski definition) is 2. The zero-order valence-corrected chi connectivity index (χ0v) is 9.76. The van der Waals surface area contributed by atoms with Crippen LogP contribution in [0, 0.1) is 0 Å². The number of anilines is 1. The van der Waals surface area contributed by atoms with Crippen LogP contribution in [0.15, 0.2) is 11.4 Å². The number of nitrogen functional groups attached to an aromatic ring is 1. The molecule has 5 heteroatoms. The Morgan fingerprint density at radius 1 is 1.67 bits per heavy atom. The Balaban J connectivity index is 2.28. The number of amides is 1. The third kappa shape index (κ3) is 3.89. The molecule has 1 aromatic rings. The minimum absolute atomic E-state index is 0.130. The molecule has 4 nitrogen and oxygen atoms in total. The Hall–Kier alpha value is -1.07. The molecule has 0 saturated heterocycles. The van der Waals surface area contributed by atoms with Crippen molar-refractivity contribution in [2.75, 3.05) is 18.9 Å². The van der Waals surface area contributed by atoms with Gasteiger partial charge in [-0.25, -0.2) is 0 Å². The highest BCUT2D eigenvalue weighted by atomic mass is 32.1. The van der Waals surface area contributed by atoms with E-state index in [0.717, 1.165) is 0 Å². The van der Waals surface area contributed by atoms with Crippen LogP contribution in [0.25, 0.3) is 0 Å². The first-order valence-corrected chi connectivity index (χ1v) is 5.72. The Morgan fingerprint density at radius 2 is 2.40 bits per heavy atom. The highest BCUT2D eigenvalue weighted by Gasteiger charge is 2.09. The highest BCUT2D eigenvalue weighted by Crippen LogP contribution is 2.17. The van der Waals surface area contributed by atoms with Gasteiger partial charge in [-0.1, -0.05) is 0 Å². The van der Waals surface area contributed by atoms with Crippen LogP contribution in [0.1, 0.15) is 23.5 Å². The van der Waals surface area contributed by atoms with E-state index in [1.54, 1.807) is 11.4 Å². The van der Waals surface area contributed by atoms with Gasteiger partial charge < -0.3 is 15.8 Å². The number of nitrogens with one attached hydrogen (secondary N) is 1. The zero-order chi connectivity index (χ0) is 11.3. The fourth-order valence-corrected chi connectivity index (χ4v) is 1.78. The summed E-state index contributed by atoms with van der Waals surface area (Å²) >= 11 is 1.34. The van der Waals surface area contributed by atoms with Crippen molar-refractivity contribution in [3.63, 3.8) is 0 Å². The summed E-state index contributed by atoms with van der Waals surface area (Å²) in [5.74, 6) is -0.130. The molecular formula is C10H16N2O2S. The molecule has 0 spiro atoms. The fraction of sp³-hybridized carbons (Fsp3) is 0.500. The summed E-state index contributed by atoms with van der Waals surface area (Å²) in [4.78, 5) is 12.1. The third-order valence-electron chi connectivity index (χ3n) is 1.74. The van der Waals surface area contributed by atoms with E-state index in [1.807, 2.05) is 13.8 Å². The minimum Gasteiger partial charge on any atom is -0.397 e. The SMILES string of the molecule is CC(C)OCCNC(=O)c1sccc1N. The maximum absolute atomic E-state index is 11.5. The third-order valence-corrected chi connectivity index (χ3v) is 2.67. The van der Waals surface area contributed by atoms with E-state index in [0.29, 0.717) is 23.7 Å². The molecule has 15 heavy (non-hydrogen) atoms. The second kappa shape index (κ2) is 5.72. The van der Waals surface area contributed by atoms with Crippen LogP contribution in [0.5, 0.6) is 0 Å². The molecule has 0 bridgehead atoms. The molecule has 0 aliphatic rings. The summed E-state index contributed by atoms with van der Waals surface area (Å²) in [5, 5.41) is 4.55. The molecule has 0 radical (unpaired) electrons. The molecule has 0 aromatic carbocycles. The maximum Gasteiger partial charge on any atom is 0.263 e. The van der Waals surface area contributed by atoms with Crippen molar-refractivity contribution in [3.8, 4) is 0 Å². The summed E-state index contributed by atoms with van der Waals surface area (Å²) in [6.07, 6.45) is 0.189. The standard InChI is InChI=1S/C10H16N2O2S/c1-7(2)14-5-4-12-10(13)9-8(11)3-6-15-9/h3,6-7H,4-5,11H2,1-2H3,(H,12,13). The quantitative estimate of drug-likeness (QED) is 0.750. The van der Waals surface area contributed by atoms with E-state index in [9.17, 15) is 4.79 Å². The molecule has 0 atom stereocenters. The lowest BCUT2D eigenvalue weighted by Gasteiger charge is -2.08. The van der Waals surface area contributed by atoms with Crippen LogP contribution in [0.4, 0.5) is 5.69 Å². The van der Waals surface area contributed by atoms with Gasteiger partial charge in [0.2, 0.25) is 0 Å². The Morgan fingerprint density at radius 3 is 2.93 bits per heavy atom. The lowest BCUT2D eigenvalue weighted by molar-refractivity contribution is 0.0748. The van der Waals surface area contributed by atoms with Gasteiger partial charge in [0, 0.05) is 6.54 Å². The van der Waals surface area contributed by atoms with Gasteiger partial charge in [0.05, 0.1) is 18.4 Å². The van der Waals surface area contributed by atoms with Crippen molar-refractivity contribution in [3.05, 3.63) is 16.3 Å². The lowest BCUT2D eigenvalue weighted by atomic mass is 10.4. The van der Waals surface area contributed by atoms with Gasteiger partial charge in [0.1, 0.15) is 4.88 Å². The summed E-state index contributed by atoms with van der Waals surface area (Å²) in [5.41, 5.74) is 6.14. The molecule has 1 rings (SSSR count). The van der Waals surface area contributed by atoms with Crippen LogP contribution >= 0.6 is 11.3 Å². The molecule has 0 aliphatic carbocycles. The van der Waals surface area contributed by atoms with Crippen LogP contribution in [-0.2, 0) is 4.74 Å². The molecule has 84 valence electrons. The summed E-state index contributed by atoms with van der Waals surface area (Å²) in [6, 6.07) is 1.73. The second-order valence-corrected chi connectivity index (χ2v) is 4.30. The van der Waals surface area contributed by atoms with E-state index in [-0.39, 0.29) is 12.0 Å². The monoisotopic (exact) mass is 228 g/mol. The zero-order valence-electron chi connectivity index (χ0n) is 8.95. The second-order valence-electron chi connectivity index (χ2n) is 3.38. The van der Waals surface area contributed by atoms with Gasteiger partial charge in [0.15, 0.2) is 0 Å². The Bertz CT molecular complexity index is 323. The largest absolute Gasteiger partial charge is 0.397 e. The number of carbonyl (C=O) groups is 1. The molecule has 0 unspecified atom stereocenters. The van der Waals surface area contributed by atoms with Gasteiger partial charge in [-0.05, 0) is 25.3 Å². The van der Waals surface area contributed by atoms with E-state index >= 15 is 0 Å². The Labute approximate surface area is 93.4 Å². The number of ether oxygens (including phenoxy) is 1. The van der Waals surface area contributed by atoms with Crippen molar-refractivity contribution in [2.45, 2.75) is 20.0 Å². The summed E-state index contributed by atoms with van der Waals surface area (Å²) in [6.45, 7) is 4.95. The number of thiophene rings is 1. The van der Waals surface area contributed by atoms with Gasteiger partial charge in [-0.2, -0.15) is 0 Å². The van der Waals surface area contributed by atoms with Crippen LogP contribution in [0.2, 0.25) is 0 Å². The van der Waals surface area contributed by atoms with Crippen molar-refractivity contribution in [1.82, 2.24) is 5.32 Å². The van der Waals surface area contributed by atoms with Crippen LogP contribution < -0.4 is 11.1 Å². The molecule has 1 heterocycles. The number of nitrogens with two attached hydrogens (primary N) is 1. The molecule has 0 aliphatic heterocycles. The normalized spacial score (nSPS) is 10.6. The van der Waals surface area contributed by atoms with Crippen molar-refractivity contribution >= 4 is 22.9 Å². The molecule has 1 amide bonds. The summed E-state index contributed by atoms with van der Waals surface area (Å²) in [7, 11) is 0. The lowest BCUT2D eigenvalue weighted by Crippen LogP contribution is -2.27. The number of hydrogen-bond acceptors (Lipinski definition) is 4. The molecular weight excluding hydrogens is 212 g/mol. The first-order chi connectivity index (χ1) is 7.11.